The molecule has 3 amide bonds. The normalized spacial score (nSPS) is 10.4. The second-order valence-corrected chi connectivity index (χ2v) is 8.96. The molecular formula is C28H23ClN6O7. The third-order valence-electron chi connectivity index (χ3n) is 5.66. The van der Waals surface area contributed by atoms with Crippen LogP contribution in [0.2, 0.25) is 5.02 Å². The Kier molecular flexibility index (Phi) is 9.67. The molecule has 0 spiro atoms. The van der Waals surface area contributed by atoms with E-state index in [4.69, 9.17) is 30.7 Å². The van der Waals surface area contributed by atoms with Crippen LogP contribution in [0.5, 0.6) is 5.75 Å². The zero-order chi connectivity index (χ0) is 30.1. The highest BCUT2D eigenvalue weighted by Crippen LogP contribution is 2.37. The Morgan fingerprint density at radius 1 is 1.10 bits per heavy atom. The number of aromatic nitrogens is 2. The molecule has 2 aromatic carbocycles. The number of methoxy groups -OCH3 is 1. The van der Waals surface area contributed by atoms with E-state index < -0.39 is 17.9 Å². The van der Waals surface area contributed by atoms with Gasteiger partial charge in [-0.3, -0.25) is 9.59 Å². The molecule has 0 unspecified atom stereocenters. The summed E-state index contributed by atoms with van der Waals surface area (Å²) >= 11 is 6.20. The molecular weight excluding hydrogens is 568 g/mol. The summed E-state index contributed by atoms with van der Waals surface area (Å²) in [7, 11) is 1.47. The minimum absolute atomic E-state index is 0.0362. The first-order valence-corrected chi connectivity index (χ1v) is 12.6. The van der Waals surface area contributed by atoms with Gasteiger partial charge in [0.1, 0.15) is 17.4 Å². The van der Waals surface area contributed by atoms with Crippen LogP contribution in [0.4, 0.5) is 16.3 Å². The Morgan fingerprint density at radius 2 is 1.93 bits per heavy atom. The van der Waals surface area contributed by atoms with E-state index >= 15 is 0 Å². The van der Waals surface area contributed by atoms with Gasteiger partial charge >= 0.3 is 6.09 Å². The number of ether oxygens (including phenoxy) is 2. The van der Waals surface area contributed by atoms with Gasteiger partial charge in [-0.1, -0.05) is 28.9 Å². The second-order valence-electron chi connectivity index (χ2n) is 8.52. The highest BCUT2D eigenvalue weighted by Gasteiger charge is 2.21. The number of rotatable bonds is 11. The van der Waals surface area contributed by atoms with Crippen molar-refractivity contribution < 1.29 is 33.5 Å². The minimum atomic E-state index is -1.23. The molecule has 14 heteroatoms. The fraction of sp³-hybridized carbons (Fsp3) is 0.143. The van der Waals surface area contributed by atoms with E-state index in [-0.39, 0.29) is 36.9 Å². The molecule has 2 heterocycles. The van der Waals surface area contributed by atoms with Crippen LogP contribution in [0.15, 0.2) is 65.3 Å². The Labute approximate surface area is 244 Å². The number of anilines is 2. The average molecular weight is 591 g/mol. The van der Waals surface area contributed by atoms with Crippen molar-refractivity contribution in [3.8, 4) is 34.2 Å². The van der Waals surface area contributed by atoms with E-state index in [0.29, 0.717) is 38.8 Å². The lowest BCUT2D eigenvalue weighted by atomic mass is 9.97. The number of benzene rings is 2. The zero-order valence-corrected chi connectivity index (χ0v) is 22.8. The van der Waals surface area contributed by atoms with Gasteiger partial charge in [-0.2, -0.15) is 5.26 Å². The van der Waals surface area contributed by atoms with Gasteiger partial charge in [-0.25, -0.2) is 9.78 Å². The number of carboxylic acid groups (broad SMARTS) is 1. The van der Waals surface area contributed by atoms with Crippen LogP contribution in [0.1, 0.15) is 22.5 Å². The maximum absolute atomic E-state index is 12.9. The third kappa shape index (κ3) is 7.39. The van der Waals surface area contributed by atoms with E-state index in [9.17, 15) is 19.6 Å². The highest BCUT2D eigenvalue weighted by atomic mass is 35.5. The summed E-state index contributed by atoms with van der Waals surface area (Å²) < 4.78 is 15.7. The number of pyridine rings is 1. The molecule has 0 aliphatic heterocycles. The number of halogens is 1. The summed E-state index contributed by atoms with van der Waals surface area (Å²) in [5, 5.41) is 30.3. The molecule has 0 atom stereocenters. The average Bonchev–Trinajstić information content (AvgIpc) is 3.51. The third-order valence-corrected chi connectivity index (χ3v) is 5.90. The largest absolute Gasteiger partial charge is 0.467 e. The second kappa shape index (κ2) is 13.8. The predicted molar refractivity (Wildman–Crippen MR) is 151 cm³/mol. The van der Waals surface area contributed by atoms with Crippen LogP contribution >= 0.6 is 11.6 Å². The van der Waals surface area contributed by atoms with Gasteiger partial charge in [0, 0.05) is 48.0 Å². The number of hydrogen-bond donors (Lipinski definition) is 4. The maximum Gasteiger partial charge on any atom is 0.404 e. The molecule has 0 saturated carbocycles. The lowest BCUT2D eigenvalue weighted by molar-refractivity contribution is -0.116. The van der Waals surface area contributed by atoms with Gasteiger partial charge in [-0.05, 0) is 42.0 Å². The first kappa shape index (κ1) is 29.5. The van der Waals surface area contributed by atoms with Crippen LogP contribution in [-0.4, -0.2) is 53.6 Å². The number of nitrogens with zero attached hydrogens (tertiary/aromatic N) is 3. The lowest BCUT2D eigenvalue weighted by Crippen LogP contribution is -2.25. The van der Waals surface area contributed by atoms with Gasteiger partial charge in [0.25, 0.3) is 5.91 Å². The zero-order valence-electron chi connectivity index (χ0n) is 22.0. The first-order chi connectivity index (χ1) is 20.3. The van der Waals surface area contributed by atoms with Crippen LogP contribution in [-0.2, 0) is 9.53 Å². The van der Waals surface area contributed by atoms with E-state index in [1.807, 2.05) is 0 Å². The fourth-order valence-corrected chi connectivity index (χ4v) is 4.00. The van der Waals surface area contributed by atoms with Crippen molar-refractivity contribution >= 4 is 41.0 Å². The van der Waals surface area contributed by atoms with Crippen molar-refractivity contribution in [2.75, 3.05) is 31.1 Å². The molecule has 0 aliphatic carbocycles. The number of nitriles is 1. The molecule has 0 saturated heterocycles. The standard InChI is InChI=1S/C28H23ClN6O7/c1-40-15-41-24-12-17(29)5-6-19(24)22-13-20(21(14-30)26(34-22)35-27(37)23-7-10-32-42-23)16-3-2-4-18(11-16)33-25(36)8-9-31-28(38)39/h2-7,10-13,31H,8-9,15H2,1H3,(H,33,36)(H,38,39)(H,34,35,37). The van der Waals surface area contributed by atoms with E-state index in [1.54, 1.807) is 48.5 Å². The van der Waals surface area contributed by atoms with Crippen LogP contribution < -0.4 is 20.7 Å². The van der Waals surface area contributed by atoms with Crippen molar-refractivity contribution in [2.24, 2.45) is 0 Å². The molecule has 4 N–H and O–H groups in total. The van der Waals surface area contributed by atoms with Crippen molar-refractivity contribution in [1.29, 1.82) is 5.26 Å². The number of amides is 3. The van der Waals surface area contributed by atoms with Crippen LogP contribution in [0, 0.1) is 11.3 Å². The molecule has 214 valence electrons. The topological polar surface area (TPSA) is 189 Å². The fourth-order valence-electron chi connectivity index (χ4n) is 3.84. The maximum atomic E-state index is 12.9. The van der Waals surface area contributed by atoms with Gasteiger partial charge < -0.3 is 35.1 Å². The molecule has 4 aromatic rings. The predicted octanol–water partition coefficient (Wildman–Crippen LogP) is 4.76. The minimum Gasteiger partial charge on any atom is -0.467 e. The molecule has 42 heavy (non-hydrogen) atoms. The smallest absolute Gasteiger partial charge is 0.404 e. The van der Waals surface area contributed by atoms with Crippen molar-refractivity contribution in [3.05, 3.63) is 77.1 Å². The van der Waals surface area contributed by atoms with Crippen LogP contribution in [0.3, 0.4) is 0 Å². The Hall–Kier alpha value is -5.45. The molecule has 13 nitrogen and oxygen atoms in total. The van der Waals surface area contributed by atoms with E-state index in [2.05, 4.69) is 32.2 Å². The number of carbonyl (C=O) groups is 3. The number of carbonyl (C=O) groups excluding carboxylic acids is 2. The molecule has 0 fully saturated rings. The van der Waals surface area contributed by atoms with Gasteiger partial charge in [-0.15, -0.1) is 0 Å². The van der Waals surface area contributed by atoms with E-state index in [1.165, 1.54) is 19.4 Å². The Bertz CT molecular complexity index is 1650. The van der Waals surface area contributed by atoms with Gasteiger partial charge in [0.2, 0.25) is 11.7 Å². The lowest BCUT2D eigenvalue weighted by Gasteiger charge is -2.16. The molecule has 0 bridgehead atoms. The Balaban J connectivity index is 1.80. The first-order valence-electron chi connectivity index (χ1n) is 12.2. The summed E-state index contributed by atoms with van der Waals surface area (Å²) in [5.41, 5.74) is 2.15. The quantitative estimate of drug-likeness (QED) is 0.177. The number of nitrogens with one attached hydrogen (secondary N) is 3. The molecule has 0 radical (unpaired) electrons. The summed E-state index contributed by atoms with van der Waals surface area (Å²) in [6.45, 7) is -0.134. The van der Waals surface area contributed by atoms with Crippen molar-refractivity contribution in [2.45, 2.75) is 6.42 Å². The summed E-state index contributed by atoms with van der Waals surface area (Å²) in [6, 6.07) is 16.7. The molecule has 4 rings (SSSR count). The summed E-state index contributed by atoms with van der Waals surface area (Å²) in [6.07, 6.45) is -0.0112. The highest BCUT2D eigenvalue weighted by molar-refractivity contribution is 6.30. The monoisotopic (exact) mass is 590 g/mol. The summed E-state index contributed by atoms with van der Waals surface area (Å²) in [5.74, 6) is -0.907. The van der Waals surface area contributed by atoms with Gasteiger partial charge in [0.15, 0.2) is 12.6 Å². The van der Waals surface area contributed by atoms with Crippen LogP contribution in [0.25, 0.3) is 22.4 Å². The van der Waals surface area contributed by atoms with Crippen molar-refractivity contribution in [3.63, 3.8) is 0 Å². The van der Waals surface area contributed by atoms with E-state index in [0.717, 1.165) is 0 Å². The number of hydrogen-bond acceptors (Lipinski definition) is 9. The van der Waals surface area contributed by atoms with Gasteiger partial charge in [0.05, 0.1) is 11.9 Å². The molecule has 0 aliphatic rings. The Morgan fingerprint density at radius 3 is 2.64 bits per heavy atom. The molecule has 2 aromatic heterocycles. The SMILES string of the molecule is COCOc1cc(Cl)ccc1-c1cc(-c2cccc(NC(=O)CCNC(=O)O)c2)c(C#N)c(NC(=O)c2ccno2)n1. The van der Waals surface area contributed by atoms with Crippen molar-refractivity contribution in [1.82, 2.24) is 15.5 Å². The summed E-state index contributed by atoms with van der Waals surface area (Å²) in [4.78, 5) is 40.4.